The first-order chi connectivity index (χ1) is 9.03. The number of methoxy groups -OCH3 is 1. The molecule has 0 aromatic heterocycles. The van der Waals surface area contributed by atoms with Gasteiger partial charge in [-0.1, -0.05) is 18.2 Å². The number of aryl methyl sites for hydroxylation is 1. The molecule has 4 heteroatoms. The SMILES string of the molecule is CNC(C)(CCCSc1ccccc1C)C(=O)OC. The van der Waals surface area contributed by atoms with Gasteiger partial charge in [0.25, 0.3) is 0 Å². The van der Waals surface area contributed by atoms with Crippen LogP contribution in [0.4, 0.5) is 0 Å². The zero-order valence-electron chi connectivity index (χ0n) is 12.2. The van der Waals surface area contributed by atoms with E-state index in [4.69, 9.17) is 4.74 Å². The van der Waals surface area contributed by atoms with E-state index in [0.29, 0.717) is 0 Å². The van der Waals surface area contributed by atoms with Crippen LogP contribution in [-0.2, 0) is 9.53 Å². The third-order valence-corrected chi connectivity index (χ3v) is 4.62. The van der Waals surface area contributed by atoms with Crippen LogP contribution in [0.3, 0.4) is 0 Å². The van der Waals surface area contributed by atoms with E-state index in [-0.39, 0.29) is 5.97 Å². The third kappa shape index (κ3) is 4.55. The molecule has 0 heterocycles. The molecule has 0 aliphatic carbocycles. The van der Waals surface area contributed by atoms with Gasteiger partial charge < -0.3 is 10.1 Å². The molecule has 0 radical (unpaired) electrons. The molecule has 0 aliphatic rings. The Labute approximate surface area is 120 Å². The number of nitrogens with one attached hydrogen (secondary N) is 1. The average molecular weight is 281 g/mol. The summed E-state index contributed by atoms with van der Waals surface area (Å²) in [5.41, 5.74) is 0.720. The Morgan fingerprint density at radius 1 is 1.42 bits per heavy atom. The lowest BCUT2D eigenvalue weighted by atomic mass is 9.97. The molecule has 0 bridgehead atoms. The molecule has 106 valence electrons. The van der Waals surface area contributed by atoms with E-state index in [2.05, 4.69) is 36.5 Å². The lowest BCUT2D eigenvalue weighted by molar-refractivity contribution is -0.148. The summed E-state index contributed by atoms with van der Waals surface area (Å²) in [5.74, 6) is 0.801. The smallest absolute Gasteiger partial charge is 0.325 e. The summed E-state index contributed by atoms with van der Waals surface area (Å²) in [7, 11) is 3.23. The van der Waals surface area contributed by atoms with Crippen LogP contribution >= 0.6 is 11.8 Å². The minimum atomic E-state index is -0.582. The van der Waals surface area contributed by atoms with Crippen LogP contribution in [0, 0.1) is 6.92 Å². The van der Waals surface area contributed by atoms with Crippen molar-refractivity contribution >= 4 is 17.7 Å². The first kappa shape index (κ1) is 16.1. The van der Waals surface area contributed by atoms with Gasteiger partial charge in [-0.15, -0.1) is 11.8 Å². The number of likely N-dealkylation sites (N-methyl/N-ethyl adjacent to an activating group) is 1. The highest BCUT2D eigenvalue weighted by Gasteiger charge is 2.31. The minimum absolute atomic E-state index is 0.198. The number of rotatable bonds is 7. The summed E-state index contributed by atoms with van der Waals surface area (Å²) < 4.78 is 4.83. The molecule has 1 rings (SSSR count). The second-order valence-electron chi connectivity index (χ2n) is 4.79. The molecule has 0 amide bonds. The number of benzene rings is 1. The van der Waals surface area contributed by atoms with Gasteiger partial charge in [0.05, 0.1) is 7.11 Å². The van der Waals surface area contributed by atoms with Crippen molar-refractivity contribution in [1.29, 1.82) is 0 Å². The first-order valence-corrected chi connectivity index (χ1v) is 7.48. The second-order valence-corrected chi connectivity index (χ2v) is 5.93. The fourth-order valence-corrected chi connectivity index (χ4v) is 2.86. The number of hydrogen-bond acceptors (Lipinski definition) is 4. The first-order valence-electron chi connectivity index (χ1n) is 6.49. The van der Waals surface area contributed by atoms with E-state index in [9.17, 15) is 4.79 Å². The largest absolute Gasteiger partial charge is 0.468 e. The van der Waals surface area contributed by atoms with Crippen molar-refractivity contribution in [2.24, 2.45) is 0 Å². The van der Waals surface area contributed by atoms with Gasteiger partial charge in [-0.3, -0.25) is 4.79 Å². The molecule has 0 saturated carbocycles. The van der Waals surface area contributed by atoms with Crippen LogP contribution in [0.5, 0.6) is 0 Å². The van der Waals surface area contributed by atoms with Crippen LogP contribution in [0.25, 0.3) is 0 Å². The van der Waals surface area contributed by atoms with Crippen molar-refractivity contribution < 1.29 is 9.53 Å². The molecule has 19 heavy (non-hydrogen) atoms. The molecular weight excluding hydrogens is 258 g/mol. The van der Waals surface area contributed by atoms with Crippen molar-refractivity contribution in [1.82, 2.24) is 5.32 Å². The molecule has 0 fully saturated rings. The maximum absolute atomic E-state index is 11.7. The molecule has 1 N–H and O–H groups in total. The van der Waals surface area contributed by atoms with Crippen molar-refractivity contribution in [2.45, 2.75) is 37.1 Å². The van der Waals surface area contributed by atoms with Gasteiger partial charge in [0.1, 0.15) is 5.54 Å². The molecule has 3 nitrogen and oxygen atoms in total. The van der Waals surface area contributed by atoms with Gasteiger partial charge in [0.2, 0.25) is 0 Å². The van der Waals surface area contributed by atoms with Gasteiger partial charge in [-0.2, -0.15) is 0 Å². The summed E-state index contributed by atoms with van der Waals surface area (Å²) >= 11 is 1.84. The molecule has 0 saturated heterocycles. The van der Waals surface area contributed by atoms with E-state index in [1.807, 2.05) is 18.7 Å². The summed E-state index contributed by atoms with van der Waals surface area (Å²) in [6.45, 7) is 4.01. The summed E-state index contributed by atoms with van der Waals surface area (Å²) in [6, 6.07) is 8.36. The number of carbonyl (C=O) groups is 1. The Bertz CT molecular complexity index is 422. The van der Waals surface area contributed by atoms with Crippen molar-refractivity contribution in [3.05, 3.63) is 29.8 Å². The molecule has 1 atom stereocenters. The monoisotopic (exact) mass is 281 g/mol. The van der Waals surface area contributed by atoms with E-state index >= 15 is 0 Å². The lowest BCUT2D eigenvalue weighted by Crippen LogP contribution is -2.48. The lowest BCUT2D eigenvalue weighted by Gasteiger charge is -2.25. The fourth-order valence-electron chi connectivity index (χ4n) is 1.88. The highest BCUT2D eigenvalue weighted by atomic mass is 32.2. The van der Waals surface area contributed by atoms with Crippen LogP contribution < -0.4 is 5.32 Å². The number of carbonyl (C=O) groups excluding carboxylic acids is 1. The van der Waals surface area contributed by atoms with Crippen LogP contribution in [0.15, 0.2) is 29.2 Å². The zero-order valence-corrected chi connectivity index (χ0v) is 13.0. The maximum atomic E-state index is 11.7. The Kier molecular flexibility index (Phi) is 6.38. The zero-order chi connectivity index (χ0) is 14.3. The highest BCUT2D eigenvalue weighted by molar-refractivity contribution is 7.99. The molecule has 1 unspecified atom stereocenters. The molecule has 1 aromatic rings. The summed E-state index contributed by atoms with van der Waals surface area (Å²) in [4.78, 5) is 13.0. The second kappa shape index (κ2) is 7.56. The number of esters is 1. The van der Waals surface area contributed by atoms with Gasteiger partial charge in [0, 0.05) is 4.90 Å². The fraction of sp³-hybridized carbons (Fsp3) is 0.533. The number of ether oxygens (including phenoxy) is 1. The Morgan fingerprint density at radius 3 is 2.68 bits per heavy atom. The van der Waals surface area contributed by atoms with Crippen molar-refractivity contribution in [3.8, 4) is 0 Å². The Balaban J connectivity index is 2.42. The summed E-state index contributed by atoms with van der Waals surface area (Å²) in [5, 5.41) is 3.06. The molecular formula is C15H23NO2S. The third-order valence-electron chi connectivity index (χ3n) is 3.36. The predicted octanol–water partition coefficient (Wildman–Crippen LogP) is 3.02. The van der Waals surface area contributed by atoms with E-state index in [1.54, 1.807) is 7.05 Å². The Morgan fingerprint density at radius 2 is 2.11 bits per heavy atom. The van der Waals surface area contributed by atoms with E-state index in [1.165, 1.54) is 17.6 Å². The average Bonchev–Trinajstić information content (AvgIpc) is 2.44. The van der Waals surface area contributed by atoms with Gasteiger partial charge >= 0.3 is 5.97 Å². The van der Waals surface area contributed by atoms with Crippen molar-refractivity contribution in [2.75, 3.05) is 19.9 Å². The number of hydrogen-bond donors (Lipinski definition) is 1. The molecule has 0 aliphatic heterocycles. The minimum Gasteiger partial charge on any atom is -0.468 e. The standard InChI is InChI=1S/C15H23NO2S/c1-12-8-5-6-9-13(12)19-11-7-10-15(2,16-3)14(17)18-4/h5-6,8-9,16H,7,10-11H2,1-4H3. The summed E-state index contributed by atoms with van der Waals surface area (Å²) in [6.07, 6.45) is 1.74. The maximum Gasteiger partial charge on any atom is 0.325 e. The predicted molar refractivity (Wildman–Crippen MR) is 80.6 cm³/mol. The van der Waals surface area contributed by atoms with Crippen LogP contribution in [0.1, 0.15) is 25.3 Å². The van der Waals surface area contributed by atoms with Crippen LogP contribution in [-0.4, -0.2) is 31.4 Å². The number of thioether (sulfide) groups is 1. The molecule has 0 spiro atoms. The normalized spacial score (nSPS) is 13.9. The van der Waals surface area contributed by atoms with Gasteiger partial charge in [-0.05, 0) is 51.1 Å². The highest BCUT2D eigenvalue weighted by Crippen LogP contribution is 2.24. The van der Waals surface area contributed by atoms with E-state index < -0.39 is 5.54 Å². The Hall–Kier alpha value is -1.00. The van der Waals surface area contributed by atoms with E-state index in [0.717, 1.165) is 18.6 Å². The quantitative estimate of drug-likeness (QED) is 0.474. The topological polar surface area (TPSA) is 38.3 Å². The van der Waals surface area contributed by atoms with Crippen molar-refractivity contribution in [3.63, 3.8) is 0 Å². The molecule has 1 aromatic carbocycles. The van der Waals surface area contributed by atoms with Crippen LogP contribution in [0.2, 0.25) is 0 Å². The van der Waals surface area contributed by atoms with Gasteiger partial charge in [-0.25, -0.2) is 0 Å². The van der Waals surface area contributed by atoms with Gasteiger partial charge in [0.15, 0.2) is 0 Å².